The lowest BCUT2D eigenvalue weighted by molar-refractivity contribution is -0.132. The van der Waals surface area contributed by atoms with E-state index in [0.29, 0.717) is 44.2 Å². The lowest BCUT2D eigenvalue weighted by atomic mass is 9.86. The predicted octanol–water partition coefficient (Wildman–Crippen LogP) is 4.13. The average molecular weight is 373 g/mol. The van der Waals surface area contributed by atoms with E-state index in [2.05, 4.69) is 4.98 Å². The highest BCUT2D eigenvalue weighted by atomic mass is 19.1. The van der Waals surface area contributed by atoms with Gasteiger partial charge in [0.15, 0.2) is 0 Å². The van der Waals surface area contributed by atoms with Gasteiger partial charge in [0.1, 0.15) is 17.2 Å². The van der Waals surface area contributed by atoms with Crippen LogP contribution in [-0.4, -0.2) is 42.0 Å². The number of amides is 1. The first-order valence-corrected chi connectivity index (χ1v) is 9.89. The Hall–Kier alpha value is -2.24. The summed E-state index contributed by atoms with van der Waals surface area (Å²) in [7, 11) is 0. The van der Waals surface area contributed by atoms with Crippen molar-refractivity contribution >= 4 is 22.5 Å². The fourth-order valence-electron chi connectivity index (χ4n) is 4.40. The number of carbonyl (C=O) groups is 1. The first kappa shape index (κ1) is 18.1. The molecule has 1 amide bonds. The van der Waals surface area contributed by atoms with Crippen molar-refractivity contribution in [1.29, 1.82) is 0 Å². The summed E-state index contributed by atoms with van der Waals surface area (Å²) >= 11 is 0. The Morgan fingerprint density at radius 1 is 1.00 bits per heavy atom. The minimum absolute atomic E-state index is 0.0586. The Balaban J connectivity index is 1.44. The van der Waals surface area contributed by atoms with Crippen molar-refractivity contribution in [3.63, 3.8) is 0 Å². The molecule has 1 aliphatic heterocycles. The van der Waals surface area contributed by atoms with Gasteiger partial charge < -0.3 is 9.80 Å². The number of anilines is 1. The van der Waals surface area contributed by atoms with E-state index in [1.165, 1.54) is 38.3 Å². The van der Waals surface area contributed by atoms with Crippen LogP contribution in [0.15, 0.2) is 24.4 Å². The van der Waals surface area contributed by atoms with E-state index < -0.39 is 11.6 Å². The van der Waals surface area contributed by atoms with E-state index in [1.54, 1.807) is 6.07 Å². The van der Waals surface area contributed by atoms with E-state index >= 15 is 0 Å². The summed E-state index contributed by atoms with van der Waals surface area (Å²) in [6, 6.07) is 3.98. The SMILES string of the molecule is O=C(CC1CCCCC1)N1CCN(c2ccnc3c(F)ccc(F)c23)CC1. The molecule has 0 atom stereocenters. The van der Waals surface area contributed by atoms with Crippen LogP contribution in [-0.2, 0) is 4.79 Å². The van der Waals surface area contributed by atoms with E-state index in [9.17, 15) is 13.6 Å². The number of benzene rings is 1. The summed E-state index contributed by atoms with van der Waals surface area (Å²) in [6.07, 6.45) is 8.27. The van der Waals surface area contributed by atoms with Crippen LogP contribution in [0.3, 0.4) is 0 Å². The zero-order valence-electron chi connectivity index (χ0n) is 15.5. The molecule has 6 heteroatoms. The number of hydrogen-bond acceptors (Lipinski definition) is 3. The van der Waals surface area contributed by atoms with E-state index in [0.717, 1.165) is 12.1 Å². The molecule has 2 heterocycles. The Morgan fingerprint density at radius 3 is 2.44 bits per heavy atom. The van der Waals surface area contributed by atoms with Gasteiger partial charge in [0.25, 0.3) is 0 Å². The van der Waals surface area contributed by atoms with Crippen LogP contribution < -0.4 is 4.90 Å². The molecule has 27 heavy (non-hydrogen) atoms. The Morgan fingerprint density at radius 2 is 1.70 bits per heavy atom. The summed E-state index contributed by atoms with van der Waals surface area (Å²) in [6.45, 7) is 2.47. The molecule has 1 aliphatic carbocycles. The summed E-state index contributed by atoms with van der Waals surface area (Å²) < 4.78 is 28.4. The van der Waals surface area contributed by atoms with Gasteiger partial charge in [-0.05, 0) is 37.0 Å². The Labute approximate surface area is 158 Å². The van der Waals surface area contributed by atoms with Crippen LogP contribution in [0.4, 0.5) is 14.5 Å². The van der Waals surface area contributed by atoms with Gasteiger partial charge in [0.05, 0.1) is 11.1 Å². The van der Waals surface area contributed by atoms with Crippen LogP contribution in [0.1, 0.15) is 38.5 Å². The standard InChI is InChI=1S/C21H25F2N3O/c22-16-6-7-17(23)21-20(16)18(8-9-24-21)25-10-12-26(13-11-25)19(27)14-15-4-2-1-3-5-15/h6-9,15H,1-5,10-14H2. The van der Waals surface area contributed by atoms with Gasteiger partial charge in [-0.3, -0.25) is 9.78 Å². The number of aromatic nitrogens is 1. The van der Waals surface area contributed by atoms with E-state index in [-0.39, 0.29) is 16.8 Å². The summed E-state index contributed by atoms with van der Waals surface area (Å²) in [5.41, 5.74) is 0.708. The zero-order chi connectivity index (χ0) is 18.8. The van der Waals surface area contributed by atoms with Crippen molar-refractivity contribution in [2.75, 3.05) is 31.1 Å². The molecule has 0 radical (unpaired) electrons. The van der Waals surface area contributed by atoms with Gasteiger partial charge in [-0.1, -0.05) is 19.3 Å². The van der Waals surface area contributed by atoms with Gasteiger partial charge in [-0.2, -0.15) is 0 Å². The fourth-order valence-corrected chi connectivity index (χ4v) is 4.40. The van der Waals surface area contributed by atoms with Gasteiger partial charge in [0.2, 0.25) is 5.91 Å². The highest BCUT2D eigenvalue weighted by Gasteiger charge is 2.26. The van der Waals surface area contributed by atoms with E-state index in [4.69, 9.17) is 0 Å². The molecule has 1 saturated carbocycles. The van der Waals surface area contributed by atoms with E-state index in [1.807, 2.05) is 9.80 Å². The second kappa shape index (κ2) is 7.79. The molecule has 144 valence electrons. The molecular formula is C21H25F2N3O. The highest BCUT2D eigenvalue weighted by Crippen LogP contribution is 2.31. The number of carbonyl (C=O) groups excluding carboxylic acids is 1. The average Bonchev–Trinajstić information content (AvgIpc) is 2.71. The second-order valence-electron chi connectivity index (χ2n) is 7.66. The monoisotopic (exact) mass is 373 g/mol. The van der Waals surface area contributed by atoms with Crippen LogP contribution in [0.5, 0.6) is 0 Å². The lowest BCUT2D eigenvalue weighted by Gasteiger charge is -2.37. The van der Waals surface area contributed by atoms with Gasteiger partial charge in [-0.15, -0.1) is 0 Å². The number of nitrogens with zero attached hydrogens (tertiary/aromatic N) is 3. The van der Waals surface area contributed by atoms with Gasteiger partial charge >= 0.3 is 0 Å². The van der Waals surface area contributed by atoms with Crippen molar-refractivity contribution in [2.24, 2.45) is 5.92 Å². The van der Waals surface area contributed by atoms with Crippen LogP contribution >= 0.6 is 0 Å². The van der Waals surface area contributed by atoms with Crippen LogP contribution in [0.2, 0.25) is 0 Å². The second-order valence-corrected chi connectivity index (χ2v) is 7.66. The van der Waals surface area contributed by atoms with Crippen molar-refractivity contribution < 1.29 is 13.6 Å². The lowest BCUT2D eigenvalue weighted by Crippen LogP contribution is -2.49. The molecule has 2 aromatic rings. The zero-order valence-corrected chi connectivity index (χ0v) is 15.5. The maximum Gasteiger partial charge on any atom is 0.222 e. The predicted molar refractivity (Wildman–Crippen MR) is 102 cm³/mol. The van der Waals surface area contributed by atoms with Gasteiger partial charge in [0, 0.05) is 38.8 Å². The number of fused-ring (bicyclic) bond motifs is 1. The molecule has 0 unspecified atom stereocenters. The third-order valence-electron chi connectivity index (χ3n) is 5.93. The first-order chi connectivity index (χ1) is 13.1. The first-order valence-electron chi connectivity index (χ1n) is 9.89. The number of halogens is 2. The highest BCUT2D eigenvalue weighted by molar-refractivity contribution is 5.92. The maximum atomic E-state index is 14.3. The summed E-state index contributed by atoms with van der Waals surface area (Å²) in [4.78, 5) is 20.6. The number of piperazine rings is 1. The topological polar surface area (TPSA) is 36.4 Å². The summed E-state index contributed by atoms with van der Waals surface area (Å²) in [5.74, 6) is -0.219. The molecule has 2 aliphatic rings. The van der Waals surface area contributed by atoms with Crippen molar-refractivity contribution in [2.45, 2.75) is 38.5 Å². The third kappa shape index (κ3) is 3.75. The van der Waals surface area contributed by atoms with Crippen molar-refractivity contribution in [3.05, 3.63) is 36.0 Å². The molecule has 0 N–H and O–H groups in total. The molecule has 1 aromatic carbocycles. The third-order valence-corrected chi connectivity index (χ3v) is 5.93. The van der Waals surface area contributed by atoms with Crippen LogP contribution in [0.25, 0.3) is 10.9 Å². The molecule has 0 spiro atoms. The quantitative estimate of drug-likeness (QED) is 0.812. The number of pyridine rings is 1. The fraction of sp³-hybridized carbons (Fsp3) is 0.524. The smallest absolute Gasteiger partial charge is 0.222 e. The van der Waals surface area contributed by atoms with Crippen LogP contribution in [0, 0.1) is 17.6 Å². The molecule has 4 nitrogen and oxygen atoms in total. The normalized spacial score (nSPS) is 18.9. The molecule has 2 fully saturated rings. The minimum atomic E-state index is -0.519. The number of rotatable bonds is 3. The molecule has 0 bridgehead atoms. The molecule has 1 aromatic heterocycles. The molecular weight excluding hydrogens is 348 g/mol. The molecule has 1 saturated heterocycles. The minimum Gasteiger partial charge on any atom is -0.367 e. The Kier molecular flexibility index (Phi) is 5.23. The van der Waals surface area contributed by atoms with Crippen molar-refractivity contribution in [1.82, 2.24) is 9.88 Å². The largest absolute Gasteiger partial charge is 0.367 e. The summed E-state index contributed by atoms with van der Waals surface area (Å²) in [5, 5.41) is 0.222. The Bertz CT molecular complexity index is 828. The number of hydrogen-bond donors (Lipinski definition) is 0. The van der Waals surface area contributed by atoms with Crippen molar-refractivity contribution in [3.8, 4) is 0 Å². The van der Waals surface area contributed by atoms with Gasteiger partial charge in [-0.25, -0.2) is 8.78 Å². The molecule has 4 rings (SSSR count). The maximum absolute atomic E-state index is 14.3.